The fraction of sp³-hybridized carbons (Fsp3) is 0.647. The van der Waals surface area contributed by atoms with Crippen molar-refractivity contribution in [3.05, 3.63) is 35.4 Å². The van der Waals surface area contributed by atoms with Crippen molar-refractivity contribution in [3.8, 4) is 0 Å². The van der Waals surface area contributed by atoms with Gasteiger partial charge in [0.2, 0.25) is 0 Å². The molecular formula is C17H27BF2N2O2. The lowest BCUT2D eigenvalue weighted by Crippen LogP contribution is -2.40. The zero-order valence-corrected chi connectivity index (χ0v) is 14.0. The average molecular weight is 340 g/mol. The molecular weight excluding hydrogens is 313 g/mol. The smallest absolute Gasteiger partial charge is 0.427 e. The molecule has 1 saturated heterocycles. The van der Waals surface area contributed by atoms with Gasteiger partial charge < -0.3 is 15.8 Å². The lowest BCUT2D eigenvalue weighted by Gasteiger charge is -2.34. The number of nitrogens with zero attached hydrogens (tertiary/aromatic N) is 1. The van der Waals surface area contributed by atoms with Gasteiger partial charge in [0.1, 0.15) is 0 Å². The fourth-order valence-electron chi connectivity index (χ4n) is 3.38. The third kappa shape index (κ3) is 6.13. The number of rotatable bonds is 8. The summed E-state index contributed by atoms with van der Waals surface area (Å²) in [4.78, 5) is 2.25. The molecule has 1 aliphatic heterocycles. The van der Waals surface area contributed by atoms with Crippen LogP contribution in [0.2, 0.25) is 6.32 Å². The van der Waals surface area contributed by atoms with E-state index in [-0.39, 0.29) is 6.04 Å². The molecule has 0 radical (unpaired) electrons. The van der Waals surface area contributed by atoms with Crippen molar-refractivity contribution in [2.24, 2.45) is 11.7 Å². The van der Waals surface area contributed by atoms with Gasteiger partial charge in [-0.2, -0.15) is 0 Å². The Morgan fingerprint density at radius 2 is 1.88 bits per heavy atom. The van der Waals surface area contributed by atoms with E-state index >= 15 is 0 Å². The highest BCUT2D eigenvalue weighted by Gasteiger charge is 2.24. The molecule has 134 valence electrons. The molecule has 0 aromatic heterocycles. The Morgan fingerprint density at radius 3 is 2.50 bits per heavy atom. The second-order valence-electron chi connectivity index (χ2n) is 6.79. The van der Waals surface area contributed by atoms with Gasteiger partial charge in [0.05, 0.1) is 0 Å². The fourth-order valence-corrected chi connectivity index (χ4v) is 3.38. The van der Waals surface area contributed by atoms with Crippen molar-refractivity contribution in [1.82, 2.24) is 4.90 Å². The van der Waals surface area contributed by atoms with Crippen LogP contribution in [0.15, 0.2) is 18.2 Å². The highest BCUT2D eigenvalue weighted by molar-refractivity contribution is 6.40. The van der Waals surface area contributed by atoms with Crippen LogP contribution in [0.5, 0.6) is 0 Å². The molecule has 24 heavy (non-hydrogen) atoms. The number of hydrogen-bond donors (Lipinski definition) is 3. The summed E-state index contributed by atoms with van der Waals surface area (Å²) in [5, 5.41) is 17.6. The van der Waals surface area contributed by atoms with Gasteiger partial charge in [-0.1, -0.05) is 18.9 Å². The van der Waals surface area contributed by atoms with Crippen molar-refractivity contribution in [2.75, 3.05) is 13.1 Å². The van der Waals surface area contributed by atoms with Crippen LogP contribution < -0.4 is 5.73 Å². The van der Waals surface area contributed by atoms with Gasteiger partial charge in [-0.25, -0.2) is 8.78 Å². The Hall–Kier alpha value is -1.02. The summed E-state index contributed by atoms with van der Waals surface area (Å²) in [5.74, 6) is -1.13. The Balaban J connectivity index is 1.69. The second-order valence-corrected chi connectivity index (χ2v) is 6.79. The van der Waals surface area contributed by atoms with Gasteiger partial charge in [0.25, 0.3) is 0 Å². The summed E-state index contributed by atoms with van der Waals surface area (Å²) >= 11 is 0. The highest BCUT2D eigenvalue weighted by atomic mass is 19.2. The van der Waals surface area contributed by atoms with Crippen molar-refractivity contribution >= 4 is 7.12 Å². The quantitative estimate of drug-likeness (QED) is 0.501. The third-order valence-corrected chi connectivity index (χ3v) is 4.88. The summed E-state index contributed by atoms with van der Waals surface area (Å²) < 4.78 is 26.2. The van der Waals surface area contributed by atoms with Gasteiger partial charge in [-0.15, -0.1) is 0 Å². The SMILES string of the molecule is NC(CCCCB(O)O)C1CCN(Cc2ccc(F)c(F)c2)CC1. The van der Waals surface area contributed by atoms with E-state index in [2.05, 4.69) is 4.90 Å². The van der Waals surface area contributed by atoms with Crippen LogP contribution in [0, 0.1) is 17.6 Å². The molecule has 2 rings (SSSR count). The summed E-state index contributed by atoms with van der Waals surface area (Å²) in [6, 6.07) is 4.22. The summed E-state index contributed by atoms with van der Waals surface area (Å²) in [6.45, 7) is 2.45. The minimum absolute atomic E-state index is 0.145. The molecule has 1 atom stereocenters. The van der Waals surface area contributed by atoms with Crippen molar-refractivity contribution < 1.29 is 18.8 Å². The molecule has 4 nitrogen and oxygen atoms in total. The Bertz CT molecular complexity index is 511. The molecule has 0 amide bonds. The number of nitrogens with two attached hydrogens (primary N) is 1. The first-order chi connectivity index (χ1) is 11.5. The number of hydrogen-bond acceptors (Lipinski definition) is 4. The summed E-state index contributed by atoms with van der Waals surface area (Å²) in [5.41, 5.74) is 7.06. The van der Waals surface area contributed by atoms with E-state index < -0.39 is 18.8 Å². The molecule has 1 fully saturated rings. The molecule has 7 heteroatoms. The molecule has 1 heterocycles. The molecule has 0 saturated carbocycles. The van der Waals surface area contributed by atoms with Crippen molar-refractivity contribution in [1.29, 1.82) is 0 Å². The maximum atomic E-state index is 13.3. The van der Waals surface area contributed by atoms with Gasteiger partial charge in [-0.3, -0.25) is 4.90 Å². The average Bonchev–Trinajstić information content (AvgIpc) is 2.55. The van der Waals surface area contributed by atoms with Crippen LogP contribution in [0.4, 0.5) is 8.78 Å². The maximum absolute atomic E-state index is 13.3. The largest absolute Gasteiger partial charge is 0.451 e. The minimum atomic E-state index is -1.22. The monoisotopic (exact) mass is 340 g/mol. The Morgan fingerprint density at radius 1 is 1.17 bits per heavy atom. The Kier molecular flexibility index (Phi) is 7.61. The molecule has 0 spiro atoms. The van der Waals surface area contributed by atoms with Gasteiger partial charge >= 0.3 is 7.12 Å². The van der Waals surface area contributed by atoms with Crippen LogP contribution in [-0.4, -0.2) is 41.2 Å². The molecule has 4 N–H and O–H groups in total. The van der Waals surface area contributed by atoms with E-state index in [1.54, 1.807) is 6.07 Å². The summed E-state index contributed by atoms with van der Waals surface area (Å²) in [6.07, 6.45) is 5.01. The van der Waals surface area contributed by atoms with Crippen LogP contribution in [-0.2, 0) is 6.54 Å². The van der Waals surface area contributed by atoms with Gasteiger partial charge in [0.15, 0.2) is 11.6 Å². The first-order valence-corrected chi connectivity index (χ1v) is 8.73. The molecule has 0 aliphatic carbocycles. The number of unbranched alkanes of at least 4 members (excludes halogenated alkanes) is 1. The number of piperidine rings is 1. The normalized spacial score (nSPS) is 17.9. The molecule has 1 aliphatic rings. The molecule has 0 bridgehead atoms. The topological polar surface area (TPSA) is 69.7 Å². The van der Waals surface area contributed by atoms with Crippen molar-refractivity contribution in [3.63, 3.8) is 0 Å². The lowest BCUT2D eigenvalue weighted by molar-refractivity contribution is 0.159. The van der Waals surface area contributed by atoms with E-state index in [4.69, 9.17) is 15.8 Å². The Labute approximate surface area is 142 Å². The van der Waals surface area contributed by atoms with Crippen LogP contribution >= 0.6 is 0 Å². The predicted molar refractivity (Wildman–Crippen MR) is 91.2 cm³/mol. The van der Waals surface area contributed by atoms with Crippen LogP contribution in [0.25, 0.3) is 0 Å². The third-order valence-electron chi connectivity index (χ3n) is 4.88. The van der Waals surface area contributed by atoms with Crippen molar-refractivity contribution in [2.45, 2.75) is 51.0 Å². The standard InChI is InChI=1S/C17H27BF2N2O2/c19-15-5-4-13(11-16(15)20)12-22-9-6-14(7-10-22)17(21)3-1-2-8-18(23)24/h4-5,11,14,17,23-24H,1-3,6-10,12,21H2. The van der Waals surface area contributed by atoms with E-state index in [0.717, 1.165) is 50.8 Å². The van der Waals surface area contributed by atoms with E-state index in [0.29, 0.717) is 18.8 Å². The number of halogens is 2. The predicted octanol–water partition coefficient (Wildman–Crippen LogP) is 2.15. The second kappa shape index (κ2) is 9.46. The molecule has 1 aromatic carbocycles. The van der Waals surface area contributed by atoms with Crippen LogP contribution in [0.1, 0.15) is 37.7 Å². The van der Waals surface area contributed by atoms with Crippen LogP contribution in [0.3, 0.4) is 0 Å². The lowest BCUT2D eigenvalue weighted by atomic mass is 9.82. The molecule has 1 unspecified atom stereocenters. The molecule has 1 aromatic rings. The maximum Gasteiger partial charge on any atom is 0.451 e. The van der Waals surface area contributed by atoms with E-state index in [1.165, 1.54) is 12.1 Å². The number of likely N-dealkylation sites (tertiary alicyclic amines) is 1. The zero-order valence-electron chi connectivity index (χ0n) is 14.0. The van der Waals surface area contributed by atoms with Gasteiger partial charge in [0, 0.05) is 12.6 Å². The first-order valence-electron chi connectivity index (χ1n) is 8.73. The zero-order chi connectivity index (χ0) is 17.5. The first kappa shape index (κ1) is 19.3. The van der Waals surface area contributed by atoms with E-state index in [1.807, 2.05) is 0 Å². The summed E-state index contributed by atoms with van der Waals surface area (Å²) in [7, 11) is -1.22. The minimum Gasteiger partial charge on any atom is -0.427 e. The number of benzene rings is 1. The highest BCUT2D eigenvalue weighted by Crippen LogP contribution is 2.24. The van der Waals surface area contributed by atoms with Gasteiger partial charge in [-0.05, 0) is 62.3 Å². The van der Waals surface area contributed by atoms with E-state index in [9.17, 15) is 8.78 Å².